The molecule has 1 aliphatic rings. The fourth-order valence-corrected chi connectivity index (χ4v) is 3.95. The Morgan fingerprint density at radius 3 is 2.48 bits per heavy atom. The molecular formula is C24H30N2O5. The molecule has 1 aromatic heterocycles. The van der Waals surface area contributed by atoms with Crippen LogP contribution in [0.3, 0.4) is 0 Å². The van der Waals surface area contributed by atoms with Gasteiger partial charge in [-0.1, -0.05) is 44.2 Å². The maximum atomic E-state index is 13.2. The summed E-state index contributed by atoms with van der Waals surface area (Å²) < 4.78 is 10.6. The second-order valence-corrected chi connectivity index (χ2v) is 8.92. The van der Waals surface area contributed by atoms with E-state index in [4.69, 9.17) is 9.15 Å². The normalized spacial score (nSPS) is 19.8. The number of ketones is 1. The highest BCUT2D eigenvalue weighted by molar-refractivity contribution is 5.99. The zero-order valence-electron chi connectivity index (χ0n) is 18.4. The van der Waals surface area contributed by atoms with E-state index in [0.717, 1.165) is 12.0 Å². The first-order chi connectivity index (χ1) is 14.7. The standard InChI is InChI=1S/C24H30N2O5/c1-15-18(10-11-30-15)22(28)25-19(23(29)26-21-16(2)31-14-20(21)27)13-24(3,4)12-17-8-6-5-7-9-17/h5-11,16,19,21H,12-14H2,1-4H3,(H,25,28)(H,26,29)/t16-,19?,21-/m0/s1. The SMILES string of the molecule is Cc1occc1C(=O)NC(CC(C)(C)Cc1ccccc1)C(=O)N[C@@H]1C(=O)CO[C@H]1C. The number of benzene rings is 1. The van der Waals surface area contributed by atoms with Crippen molar-refractivity contribution in [2.75, 3.05) is 6.61 Å². The summed E-state index contributed by atoms with van der Waals surface area (Å²) in [5.41, 5.74) is 1.24. The van der Waals surface area contributed by atoms with E-state index in [2.05, 4.69) is 24.5 Å². The van der Waals surface area contributed by atoms with Crippen LogP contribution in [0.5, 0.6) is 0 Å². The lowest BCUT2D eigenvalue weighted by Gasteiger charge is -2.30. The molecule has 0 aliphatic carbocycles. The molecule has 3 rings (SSSR count). The average Bonchev–Trinajstić information content (AvgIpc) is 3.28. The number of furan rings is 1. The number of hydrogen-bond acceptors (Lipinski definition) is 5. The third kappa shape index (κ3) is 5.82. The number of rotatable bonds is 8. The summed E-state index contributed by atoms with van der Waals surface area (Å²) in [4.78, 5) is 38.0. The van der Waals surface area contributed by atoms with Crippen LogP contribution < -0.4 is 10.6 Å². The fourth-order valence-electron chi connectivity index (χ4n) is 3.95. The molecule has 1 unspecified atom stereocenters. The second-order valence-electron chi connectivity index (χ2n) is 8.92. The number of Topliss-reactive ketones (excluding diaryl/α,β-unsaturated/α-hetero) is 1. The summed E-state index contributed by atoms with van der Waals surface area (Å²) in [7, 11) is 0. The van der Waals surface area contributed by atoms with E-state index < -0.39 is 24.1 Å². The largest absolute Gasteiger partial charge is 0.469 e. The average molecular weight is 427 g/mol. The van der Waals surface area contributed by atoms with Gasteiger partial charge in [-0.15, -0.1) is 0 Å². The number of nitrogens with one attached hydrogen (secondary N) is 2. The minimum absolute atomic E-state index is 0.0170. The van der Waals surface area contributed by atoms with Crippen LogP contribution in [0, 0.1) is 12.3 Å². The first-order valence-electron chi connectivity index (χ1n) is 10.5. The monoisotopic (exact) mass is 426 g/mol. The Bertz CT molecular complexity index is 934. The molecule has 2 heterocycles. The molecule has 1 aromatic carbocycles. The van der Waals surface area contributed by atoms with Crippen LogP contribution >= 0.6 is 0 Å². The Balaban J connectivity index is 1.77. The van der Waals surface area contributed by atoms with Crippen molar-refractivity contribution in [3.63, 3.8) is 0 Å². The van der Waals surface area contributed by atoms with Crippen LogP contribution in [0.2, 0.25) is 0 Å². The molecule has 2 aromatic rings. The summed E-state index contributed by atoms with van der Waals surface area (Å²) in [6.07, 6.45) is 2.17. The summed E-state index contributed by atoms with van der Waals surface area (Å²) in [6, 6.07) is 10.0. The second kappa shape index (κ2) is 9.47. The molecule has 0 spiro atoms. The van der Waals surface area contributed by atoms with Crippen LogP contribution in [0.4, 0.5) is 0 Å². The minimum Gasteiger partial charge on any atom is -0.469 e. The molecule has 3 atom stereocenters. The molecule has 2 amide bonds. The number of aryl methyl sites for hydroxylation is 1. The number of carbonyl (C=O) groups excluding carboxylic acids is 3. The molecule has 7 nitrogen and oxygen atoms in total. The first kappa shape index (κ1) is 22.7. The van der Waals surface area contributed by atoms with Crippen LogP contribution in [0.15, 0.2) is 47.1 Å². The molecular weight excluding hydrogens is 396 g/mol. The Hall–Kier alpha value is -2.93. The van der Waals surface area contributed by atoms with Gasteiger partial charge < -0.3 is 19.8 Å². The van der Waals surface area contributed by atoms with Crippen molar-refractivity contribution in [1.29, 1.82) is 0 Å². The molecule has 1 aliphatic heterocycles. The quantitative estimate of drug-likeness (QED) is 0.677. The molecule has 7 heteroatoms. The molecule has 2 N–H and O–H groups in total. The van der Waals surface area contributed by atoms with Gasteiger partial charge >= 0.3 is 0 Å². The molecule has 166 valence electrons. The number of amides is 2. The zero-order chi connectivity index (χ0) is 22.6. The molecule has 1 fully saturated rings. The highest BCUT2D eigenvalue weighted by Gasteiger charge is 2.37. The van der Waals surface area contributed by atoms with Crippen molar-refractivity contribution in [3.8, 4) is 0 Å². The van der Waals surface area contributed by atoms with E-state index in [0.29, 0.717) is 17.7 Å². The Labute approximate surface area is 182 Å². The van der Waals surface area contributed by atoms with E-state index in [1.54, 1.807) is 19.9 Å². The lowest BCUT2D eigenvalue weighted by Crippen LogP contribution is -2.54. The van der Waals surface area contributed by atoms with Gasteiger partial charge in [0, 0.05) is 0 Å². The fraction of sp³-hybridized carbons (Fsp3) is 0.458. The Kier molecular flexibility index (Phi) is 6.95. The molecule has 0 radical (unpaired) electrons. The Morgan fingerprint density at radius 2 is 1.90 bits per heavy atom. The smallest absolute Gasteiger partial charge is 0.255 e. The molecule has 0 saturated carbocycles. The zero-order valence-corrected chi connectivity index (χ0v) is 18.4. The maximum absolute atomic E-state index is 13.2. The predicted octanol–water partition coefficient (Wildman–Crippen LogP) is 2.82. The molecule has 1 saturated heterocycles. The van der Waals surface area contributed by atoms with Crippen LogP contribution in [0.1, 0.15) is 48.9 Å². The van der Waals surface area contributed by atoms with E-state index >= 15 is 0 Å². The van der Waals surface area contributed by atoms with E-state index in [1.165, 1.54) is 6.26 Å². The first-order valence-corrected chi connectivity index (χ1v) is 10.5. The van der Waals surface area contributed by atoms with Gasteiger partial charge in [-0.3, -0.25) is 14.4 Å². The van der Waals surface area contributed by atoms with Crippen LogP contribution in [-0.4, -0.2) is 42.4 Å². The van der Waals surface area contributed by atoms with E-state index in [-0.39, 0.29) is 23.7 Å². The van der Waals surface area contributed by atoms with Gasteiger partial charge in [-0.25, -0.2) is 0 Å². The number of hydrogen-bond donors (Lipinski definition) is 2. The molecule has 0 bridgehead atoms. The van der Waals surface area contributed by atoms with Gasteiger partial charge in [-0.2, -0.15) is 0 Å². The van der Waals surface area contributed by atoms with E-state index in [1.807, 2.05) is 30.3 Å². The number of ether oxygens (including phenoxy) is 1. The molecule has 31 heavy (non-hydrogen) atoms. The van der Waals surface area contributed by atoms with Crippen molar-refractivity contribution in [2.45, 2.75) is 58.7 Å². The highest BCUT2D eigenvalue weighted by atomic mass is 16.5. The van der Waals surface area contributed by atoms with Crippen molar-refractivity contribution < 1.29 is 23.5 Å². The maximum Gasteiger partial charge on any atom is 0.255 e. The van der Waals surface area contributed by atoms with Gasteiger partial charge in [0.05, 0.1) is 17.9 Å². The summed E-state index contributed by atoms with van der Waals surface area (Å²) in [5.74, 6) is -0.469. The van der Waals surface area contributed by atoms with Crippen molar-refractivity contribution in [1.82, 2.24) is 10.6 Å². The van der Waals surface area contributed by atoms with Crippen LogP contribution in [0.25, 0.3) is 0 Å². The van der Waals surface area contributed by atoms with Crippen LogP contribution in [-0.2, 0) is 20.7 Å². The lowest BCUT2D eigenvalue weighted by atomic mass is 9.79. The Morgan fingerprint density at radius 1 is 1.19 bits per heavy atom. The van der Waals surface area contributed by atoms with E-state index in [9.17, 15) is 14.4 Å². The summed E-state index contributed by atoms with van der Waals surface area (Å²) in [6.45, 7) is 7.54. The van der Waals surface area contributed by atoms with Crippen molar-refractivity contribution >= 4 is 17.6 Å². The lowest BCUT2D eigenvalue weighted by molar-refractivity contribution is -0.128. The summed E-state index contributed by atoms with van der Waals surface area (Å²) >= 11 is 0. The predicted molar refractivity (Wildman–Crippen MR) is 116 cm³/mol. The summed E-state index contributed by atoms with van der Waals surface area (Å²) in [5, 5.41) is 5.62. The third-order valence-corrected chi connectivity index (χ3v) is 5.61. The van der Waals surface area contributed by atoms with Gasteiger partial charge in [-0.05, 0) is 43.7 Å². The van der Waals surface area contributed by atoms with Gasteiger partial charge in [0.25, 0.3) is 5.91 Å². The minimum atomic E-state index is -0.818. The van der Waals surface area contributed by atoms with Crippen molar-refractivity contribution in [3.05, 3.63) is 59.5 Å². The number of carbonyl (C=O) groups is 3. The third-order valence-electron chi connectivity index (χ3n) is 5.61. The van der Waals surface area contributed by atoms with Gasteiger partial charge in [0.2, 0.25) is 5.91 Å². The topological polar surface area (TPSA) is 97.6 Å². The van der Waals surface area contributed by atoms with Gasteiger partial charge in [0.1, 0.15) is 24.5 Å². The highest BCUT2D eigenvalue weighted by Crippen LogP contribution is 2.28. The van der Waals surface area contributed by atoms with Gasteiger partial charge in [0.15, 0.2) is 5.78 Å². The van der Waals surface area contributed by atoms with Crippen molar-refractivity contribution in [2.24, 2.45) is 5.41 Å².